The molecule has 1 aliphatic heterocycles. The molecule has 4 unspecified atom stereocenters. The number of sulfone groups is 1. The molecular formula is C13H20O3S. The second-order valence-corrected chi connectivity index (χ2v) is 8.24. The topological polar surface area (TPSA) is 51.2 Å². The Morgan fingerprint density at radius 3 is 1.65 bits per heavy atom. The van der Waals surface area contributed by atoms with Gasteiger partial charge in [-0.25, -0.2) is 8.42 Å². The molecule has 2 aliphatic carbocycles. The predicted molar refractivity (Wildman–Crippen MR) is 65.4 cm³/mol. The first-order chi connectivity index (χ1) is 8.12. The molecule has 0 bridgehead atoms. The normalized spacial score (nSPS) is 44.8. The van der Waals surface area contributed by atoms with Gasteiger partial charge in [0.25, 0.3) is 0 Å². The third-order valence-electron chi connectivity index (χ3n) is 4.98. The Morgan fingerprint density at radius 2 is 1.18 bits per heavy atom. The summed E-state index contributed by atoms with van der Waals surface area (Å²) >= 11 is 0. The quantitative estimate of drug-likeness (QED) is 0.667. The first-order valence-corrected chi connectivity index (χ1v) is 8.50. The maximum atomic E-state index is 12.6. The number of carbonyl (C=O) groups excluding carboxylic acids is 1. The maximum absolute atomic E-state index is 12.6. The molecule has 1 saturated heterocycles. The highest BCUT2D eigenvalue weighted by molar-refractivity contribution is 7.92. The first kappa shape index (κ1) is 11.7. The fraction of sp³-hybridized carbons (Fsp3) is 0.923. The molecule has 0 aromatic rings. The van der Waals surface area contributed by atoms with Crippen molar-refractivity contribution in [1.82, 2.24) is 0 Å². The molecule has 3 fully saturated rings. The van der Waals surface area contributed by atoms with E-state index in [1.807, 2.05) is 0 Å². The molecule has 0 radical (unpaired) electrons. The van der Waals surface area contributed by atoms with E-state index in [4.69, 9.17) is 0 Å². The third kappa shape index (κ3) is 1.67. The Bertz CT molecular complexity index is 394. The summed E-state index contributed by atoms with van der Waals surface area (Å²) in [6, 6.07) is 0. The van der Waals surface area contributed by atoms with Gasteiger partial charge in [0.1, 0.15) is 5.78 Å². The number of hydrogen-bond acceptors (Lipinski definition) is 3. The lowest BCUT2D eigenvalue weighted by molar-refractivity contribution is -0.129. The Hall–Kier alpha value is -0.380. The van der Waals surface area contributed by atoms with Gasteiger partial charge in [-0.3, -0.25) is 4.79 Å². The molecule has 0 amide bonds. The van der Waals surface area contributed by atoms with Gasteiger partial charge in [-0.1, -0.05) is 25.7 Å². The van der Waals surface area contributed by atoms with E-state index in [-0.39, 0.29) is 28.1 Å². The average molecular weight is 256 g/mol. The van der Waals surface area contributed by atoms with Crippen molar-refractivity contribution in [2.75, 3.05) is 0 Å². The molecule has 3 aliphatic rings. The van der Waals surface area contributed by atoms with Crippen LogP contribution in [0.15, 0.2) is 0 Å². The zero-order valence-electron chi connectivity index (χ0n) is 10.1. The molecule has 4 atom stereocenters. The highest BCUT2D eigenvalue weighted by Gasteiger charge is 2.53. The fourth-order valence-corrected chi connectivity index (χ4v) is 7.03. The van der Waals surface area contributed by atoms with Gasteiger partial charge >= 0.3 is 0 Å². The molecule has 96 valence electrons. The monoisotopic (exact) mass is 256 g/mol. The van der Waals surface area contributed by atoms with Crippen LogP contribution in [0.3, 0.4) is 0 Å². The standard InChI is InChI=1S/C13H20O3S/c14-13-9-5-1-3-7-11(9)17(15,16)12-8-4-2-6-10(12)13/h9-12H,1-8H2. The van der Waals surface area contributed by atoms with E-state index >= 15 is 0 Å². The highest BCUT2D eigenvalue weighted by atomic mass is 32.2. The third-order valence-corrected chi connectivity index (χ3v) is 7.80. The van der Waals surface area contributed by atoms with Crippen molar-refractivity contribution in [2.24, 2.45) is 11.8 Å². The van der Waals surface area contributed by atoms with E-state index in [0.29, 0.717) is 0 Å². The van der Waals surface area contributed by atoms with E-state index < -0.39 is 9.84 Å². The minimum atomic E-state index is -3.04. The smallest absolute Gasteiger partial charge is 0.157 e. The van der Waals surface area contributed by atoms with Crippen molar-refractivity contribution >= 4 is 15.6 Å². The Balaban J connectivity index is 2.00. The number of fused-ring (bicyclic) bond motifs is 2. The van der Waals surface area contributed by atoms with Gasteiger partial charge in [-0.15, -0.1) is 0 Å². The molecule has 2 saturated carbocycles. The van der Waals surface area contributed by atoms with Crippen molar-refractivity contribution in [3.8, 4) is 0 Å². The lowest BCUT2D eigenvalue weighted by Crippen LogP contribution is -2.55. The fourth-order valence-electron chi connectivity index (χ4n) is 4.13. The van der Waals surface area contributed by atoms with Crippen LogP contribution in [0.1, 0.15) is 51.4 Å². The van der Waals surface area contributed by atoms with E-state index in [2.05, 4.69) is 0 Å². The van der Waals surface area contributed by atoms with Gasteiger partial charge in [0.05, 0.1) is 10.5 Å². The van der Waals surface area contributed by atoms with Gasteiger partial charge in [0.15, 0.2) is 9.84 Å². The minimum Gasteiger partial charge on any atom is -0.299 e. The summed E-state index contributed by atoms with van der Waals surface area (Å²) in [5.41, 5.74) is 0. The second kappa shape index (κ2) is 4.08. The van der Waals surface area contributed by atoms with Crippen LogP contribution in [0.5, 0.6) is 0 Å². The molecule has 17 heavy (non-hydrogen) atoms. The number of ketones is 1. The van der Waals surface area contributed by atoms with Crippen LogP contribution in [0.2, 0.25) is 0 Å². The van der Waals surface area contributed by atoms with E-state index in [0.717, 1.165) is 51.4 Å². The summed E-state index contributed by atoms with van der Waals surface area (Å²) in [4.78, 5) is 12.4. The summed E-state index contributed by atoms with van der Waals surface area (Å²) in [5, 5.41) is -0.661. The lowest BCUT2D eigenvalue weighted by atomic mass is 9.75. The molecule has 3 rings (SSSR count). The second-order valence-electron chi connectivity index (χ2n) is 5.85. The molecule has 0 spiro atoms. The minimum absolute atomic E-state index is 0.159. The number of hydrogen-bond donors (Lipinski definition) is 0. The summed E-state index contributed by atoms with van der Waals surface area (Å²) < 4.78 is 25.1. The van der Waals surface area contributed by atoms with Crippen LogP contribution in [0.4, 0.5) is 0 Å². The highest BCUT2D eigenvalue weighted by Crippen LogP contribution is 2.45. The zero-order chi connectivity index (χ0) is 12.0. The van der Waals surface area contributed by atoms with Crippen LogP contribution in [-0.2, 0) is 14.6 Å². The van der Waals surface area contributed by atoms with Crippen molar-refractivity contribution in [3.63, 3.8) is 0 Å². The van der Waals surface area contributed by atoms with Gasteiger partial charge in [-0.2, -0.15) is 0 Å². The van der Waals surface area contributed by atoms with Crippen molar-refractivity contribution in [2.45, 2.75) is 61.9 Å². The number of rotatable bonds is 0. The molecule has 3 nitrogen and oxygen atoms in total. The predicted octanol–water partition coefficient (Wildman–Crippen LogP) is 2.10. The molecule has 0 aromatic carbocycles. The van der Waals surface area contributed by atoms with Crippen molar-refractivity contribution < 1.29 is 13.2 Å². The Labute approximate surface area is 103 Å². The average Bonchev–Trinajstić information content (AvgIpc) is 2.37. The summed E-state index contributed by atoms with van der Waals surface area (Å²) in [6.07, 6.45) is 7.08. The molecule has 1 heterocycles. The largest absolute Gasteiger partial charge is 0.299 e. The molecule has 0 aromatic heterocycles. The van der Waals surface area contributed by atoms with Crippen molar-refractivity contribution in [3.05, 3.63) is 0 Å². The SMILES string of the molecule is O=C1C2CCCCC2S(=O)(=O)C2CCCCC12. The van der Waals surface area contributed by atoms with E-state index in [9.17, 15) is 13.2 Å². The Kier molecular flexibility index (Phi) is 2.80. The summed E-state index contributed by atoms with van der Waals surface area (Å²) in [7, 11) is -3.04. The van der Waals surface area contributed by atoms with Crippen LogP contribution in [0.25, 0.3) is 0 Å². The van der Waals surface area contributed by atoms with Gasteiger partial charge in [-0.05, 0) is 25.7 Å². The van der Waals surface area contributed by atoms with Gasteiger partial charge in [0.2, 0.25) is 0 Å². The van der Waals surface area contributed by atoms with Crippen molar-refractivity contribution in [1.29, 1.82) is 0 Å². The Morgan fingerprint density at radius 1 is 0.765 bits per heavy atom. The number of Topliss-reactive ketones (excluding diaryl/α,β-unsaturated/α-hetero) is 1. The lowest BCUT2D eigenvalue weighted by Gasteiger charge is -2.44. The molecule has 0 N–H and O–H groups in total. The molecule has 4 heteroatoms. The zero-order valence-corrected chi connectivity index (χ0v) is 10.9. The molecular weight excluding hydrogens is 236 g/mol. The van der Waals surface area contributed by atoms with Crippen LogP contribution < -0.4 is 0 Å². The van der Waals surface area contributed by atoms with Gasteiger partial charge in [0, 0.05) is 11.8 Å². The first-order valence-electron chi connectivity index (χ1n) is 6.89. The number of carbonyl (C=O) groups is 1. The van der Waals surface area contributed by atoms with Crippen LogP contribution in [-0.4, -0.2) is 24.7 Å². The van der Waals surface area contributed by atoms with Gasteiger partial charge < -0.3 is 0 Å². The van der Waals surface area contributed by atoms with E-state index in [1.54, 1.807) is 0 Å². The maximum Gasteiger partial charge on any atom is 0.157 e. The van der Waals surface area contributed by atoms with Crippen LogP contribution >= 0.6 is 0 Å². The summed E-state index contributed by atoms with van der Waals surface area (Å²) in [6.45, 7) is 0. The van der Waals surface area contributed by atoms with E-state index in [1.165, 1.54) is 0 Å². The van der Waals surface area contributed by atoms with Crippen LogP contribution in [0, 0.1) is 11.8 Å². The summed E-state index contributed by atoms with van der Waals surface area (Å²) in [5.74, 6) is -0.0320.